The summed E-state index contributed by atoms with van der Waals surface area (Å²) in [4.78, 5) is 26.1. The highest BCUT2D eigenvalue weighted by Crippen LogP contribution is 2.34. The number of carbonyl (C=O) groups excluding carboxylic acids is 1. The number of aliphatic carboxylic acids is 1. The van der Waals surface area contributed by atoms with E-state index < -0.39 is 36.0 Å². The Morgan fingerprint density at radius 1 is 1.24 bits per heavy atom. The van der Waals surface area contributed by atoms with E-state index >= 15 is 0 Å². The zero-order valence-electron chi connectivity index (χ0n) is 26.5. The molecule has 3 N–H and O–H groups in total. The van der Waals surface area contributed by atoms with Crippen LogP contribution in [-0.2, 0) is 23.7 Å². The van der Waals surface area contributed by atoms with Crippen LogP contribution in [0, 0.1) is 11.8 Å². The van der Waals surface area contributed by atoms with E-state index in [0.29, 0.717) is 19.5 Å². The van der Waals surface area contributed by atoms with Crippen LogP contribution in [0.5, 0.6) is 0 Å². The second-order valence-electron chi connectivity index (χ2n) is 12.5. The summed E-state index contributed by atoms with van der Waals surface area (Å²) in [5.74, 6) is -0.872. The van der Waals surface area contributed by atoms with Gasteiger partial charge in [0.2, 0.25) is 0 Å². The molecule has 236 valence electrons. The van der Waals surface area contributed by atoms with Gasteiger partial charge in [-0.1, -0.05) is 32.1 Å². The maximum absolute atomic E-state index is 12.9. The second-order valence-corrected chi connectivity index (χ2v) is 12.5. The van der Waals surface area contributed by atoms with Crippen LogP contribution >= 0.6 is 0 Å². The predicted molar refractivity (Wildman–Crippen MR) is 158 cm³/mol. The number of aliphatic hydroxyl groups excluding tert-OH is 1. The van der Waals surface area contributed by atoms with Gasteiger partial charge in [0.25, 0.3) is 0 Å². The lowest BCUT2D eigenvalue weighted by molar-refractivity contribution is -0.151. The number of rotatable bonds is 14. The fourth-order valence-electron chi connectivity index (χ4n) is 6.16. The number of aliphatic hydroxyl groups is 1. The number of carboxylic acids is 1. The zero-order valence-corrected chi connectivity index (χ0v) is 26.5. The Morgan fingerprint density at radius 2 is 1.93 bits per heavy atom. The molecule has 0 bridgehead atoms. The third kappa shape index (κ3) is 11.0. The van der Waals surface area contributed by atoms with Crippen molar-refractivity contribution in [1.82, 2.24) is 10.2 Å². The Labute approximate surface area is 246 Å². The number of hydrogen-bond acceptors (Lipinski definition) is 8. The van der Waals surface area contributed by atoms with Crippen molar-refractivity contribution in [1.29, 1.82) is 0 Å². The summed E-state index contributed by atoms with van der Waals surface area (Å²) in [5.41, 5.74) is 0.510. The lowest BCUT2D eigenvalue weighted by Crippen LogP contribution is -2.47. The zero-order chi connectivity index (χ0) is 30.9. The van der Waals surface area contributed by atoms with Crippen molar-refractivity contribution >= 4 is 12.1 Å². The number of allylic oxidation sites excluding steroid dienone is 3. The number of amides is 1. The lowest BCUT2D eigenvalue weighted by atomic mass is 9.85. The van der Waals surface area contributed by atoms with Crippen molar-refractivity contribution in [3.8, 4) is 0 Å². The number of ether oxygens (including phenoxy) is 4. The standard InChI is InChI=1S/C31H54N2O8/c1-19(17-31(6,7)41-23(5)29(38-9)22(4)34)11-10-12-20(2)28-21(3)26(15-25(39-28)16-27(35)36)40-30(37)33-14-13-24(18-33)32-8/h10-12,19,21-26,28-29,32,34H,13-18H2,1-9H3,(H,35,36)/b11-10+,20-12+/t19-,21+,22-,23-,24?,25-,26-,28-,29+/m1/s1. The van der Waals surface area contributed by atoms with E-state index in [4.69, 9.17) is 18.9 Å². The first-order valence-corrected chi connectivity index (χ1v) is 14.9. The van der Waals surface area contributed by atoms with Gasteiger partial charge in [0.15, 0.2) is 0 Å². The predicted octanol–water partition coefficient (Wildman–Crippen LogP) is 4.16. The Hall–Kier alpha value is -1.98. The molecule has 41 heavy (non-hydrogen) atoms. The molecule has 0 spiro atoms. The molecular weight excluding hydrogens is 528 g/mol. The van der Waals surface area contributed by atoms with E-state index in [9.17, 15) is 19.8 Å². The first-order valence-electron chi connectivity index (χ1n) is 14.9. The maximum atomic E-state index is 12.9. The fourth-order valence-corrected chi connectivity index (χ4v) is 6.16. The van der Waals surface area contributed by atoms with Crippen LogP contribution in [0.3, 0.4) is 0 Å². The summed E-state index contributed by atoms with van der Waals surface area (Å²) in [6.45, 7) is 15.0. The third-order valence-electron chi connectivity index (χ3n) is 8.18. The van der Waals surface area contributed by atoms with Crippen LogP contribution in [0.15, 0.2) is 23.8 Å². The van der Waals surface area contributed by atoms with Gasteiger partial charge in [-0.25, -0.2) is 4.79 Å². The highest BCUT2D eigenvalue weighted by Gasteiger charge is 2.41. The minimum absolute atomic E-state index is 0.134. The summed E-state index contributed by atoms with van der Waals surface area (Å²) < 4.78 is 23.8. The number of methoxy groups -OCH3 is 1. The summed E-state index contributed by atoms with van der Waals surface area (Å²) in [6.07, 6.45) is 4.92. The summed E-state index contributed by atoms with van der Waals surface area (Å²) in [7, 11) is 3.46. The monoisotopic (exact) mass is 582 g/mol. The van der Waals surface area contributed by atoms with Crippen LogP contribution < -0.4 is 5.32 Å². The van der Waals surface area contributed by atoms with Crippen LogP contribution in [0.25, 0.3) is 0 Å². The lowest BCUT2D eigenvalue weighted by Gasteiger charge is -2.40. The molecule has 0 aromatic carbocycles. The van der Waals surface area contributed by atoms with E-state index in [1.807, 2.05) is 53.8 Å². The Balaban J connectivity index is 2.05. The summed E-state index contributed by atoms with van der Waals surface area (Å²) in [6, 6.07) is 0.258. The third-order valence-corrected chi connectivity index (χ3v) is 8.18. The van der Waals surface area contributed by atoms with E-state index in [1.54, 1.807) is 18.9 Å². The smallest absolute Gasteiger partial charge is 0.410 e. The number of nitrogens with zero attached hydrogens (tertiary/aromatic N) is 1. The van der Waals surface area contributed by atoms with Gasteiger partial charge in [-0.3, -0.25) is 4.79 Å². The van der Waals surface area contributed by atoms with E-state index in [-0.39, 0.29) is 42.6 Å². The van der Waals surface area contributed by atoms with Crippen molar-refractivity contribution in [3.05, 3.63) is 23.8 Å². The molecule has 9 atom stereocenters. The summed E-state index contributed by atoms with van der Waals surface area (Å²) in [5, 5.41) is 22.6. The van der Waals surface area contributed by atoms with Crippen molar-refractivity contribution < 1.29 is 38.7 Å². The highest BCUT2D eigenvalue weighted by molar-refractivity contribution is 5.68. The van der Waals surface area contributed by atoms with E-state index in [0.717, 1.165) is 18.4 Å². The number of carbonyl (C=O) groups is 2. The molecule has 10 heteroatoms. The molecular formula is C31H54N2O8. The van der Waals surface area contributed by atoms with Gasteiger partial charge < -0.3 is 39.4 Å². The Morgan fingerprint density at radius 3 is 2.49 bits per heavy atom. The number of likely N-dealkylation sites (N-methyl/N-ethyl adjacent to an activating group) is 1. The SMILES string of the molecule is CNC1CCN(C(=O)O[C@@H]2C[C@H](CC(=O)O)O[C@H](/C(C)=C/C=C/[C@@H](C)CC(C)(C)O[C@H](C)[C@@H](OC)[C@@H](C)O)[C@H]2C)C1. The molecule has 1 unspecified atom stereocenters. The number of carboxylic acid groups (broad SMARTS) is 1. The molecule has 1 amide bonds. The van der Waals surface area contributed by atoms with Gasteiger partial charge in [-0.05, 0) is 66.0 Å². The van der Waals surface area contributed by atoms with Crippen molar-refractivity contribution in [2.45, 2.75) is 122 Å². The van der Waals surface area contributed by atoms with Crippen molar-refractivity contribution in [3.63, 3.8) is 0 Å². The molecule has 0 aromatic heterocycles. The number of likely N-dealkylation sites (tertiary alicyclic amines) is 1. The molecule has 0 radical (unpaired) electrons. The number of nitrogens with one attached hydrogen (secondary N) is 1. The van der Waals surface area contributed by atoms with Gasteiger partial charge in [0, 0.05) is 38.6 Å². The normalized spacial score (nSPS) is 28.9. The Bertz CT molecular complexity index is 905. The average Bonchev–Trinajstić information content (AvgIpc) is 3.34. The van der Waals surface area contributed by atoms with Crippen LogP contribution in [0.1, 0.15) is 74.1 Å². The maximum Gasteiger partial charge on any atom is 0.410 e. The highest BCUT2D eigenvalue weighted by atomic mass is 16.6. The van der Waals surface area contributed by atoms with Gasteiger partial charge >= 0.3 is 12.1 Å². The molecule has 10 nitrogen and oxygen atoms in total. The topological polar surface area (TPSA) is 127 Å². The number of hydrogen-bond donors (Lipinski definition) is 3. The first-order chi connectivity index (χ1) is 19.2. The van der Waals surface area contributed by atoms with Crippen molar-refractivity contribution in [2.75, 3.05) is 27.2 Å². The molecule has 0 saturated carbocycles. The Kier molecular flexibility index (Phi) is 13.8. The molecule has 2 saturated heterocycles. The fraction of sp³-hybridized carbons (Fsp3) is 0.806. The van der Waals surface area contributed by atoms with Crippen LogP contribution in [0.4, 0.5) is 4.79 Å². The largest absolute Gasteiger partial charge is 0.481 e. The van der Waals surface area contributed by atoms with Gasteiger partial charge in [-0.2, -0.15) is 0 Å². The van der Waals surface area contributed by atoms with Gasteiger partial charge in [0.05, 0.1) is 36.4 Å². The van der Waals surface area contributed by atoms with Gasteiger partial charge in [0.1, 0.15) is 12.2 Å². The minimum Gasteiger partial charge on any atom is -0.481 e. The molecule has 0 aliphatic carbocycles. The van der Waals surface area contributed by atoms with Crippen LogP contribution in [0.2, 0.25) is 0 Å². The first kappa shape index (κ1) is 35.2. The van der Waals surface area contributed by atoms with Gasteiger partial charge in [-0.15, -0.1) is 0 Å². The average molecular weight is 583 g/mol. The van der Waals surface area contributed by atoms with Crippen LogP contribution in [-0.4, -0.2) is 103 Å². The minimum atomic E-state index is -0.940. The molecule has 2 aliphatic heterocycles. The van der Waals surface area contributed by atoms with E-state index in [2.05, 4.69) is 18.3 Å². The molecule has 2 aliphatic rings. The quantitative estimate of drug-likeness (QED) is 0.259. The van der Waals surface area contributed by atoms with Crippen molar-refractivity contribution in [2.24, 2.45) is 11.8 Å². The second kappa shape index (κ2) is 16.0. The molecule has 0 aromatic rings. The molecule has 2 heterocycles. The molecule has 2 fully saturated rings. The summed E-state index contributed by atoms with van der Waals surface area (Å²) >= 11 is 0. The molecule has 2 rings (SSSR count). The van der Waals surface area contributed by atoms with E-state index in [1.165, 1.54) is 0 Å².